The summed E-state index contributed by atoms with van der Waals surface area (Å²) in [7, 11) is -3.88. The Hall–Kier alpha value is -1.93. The Morgan fingerprint density at radius 1 is 1.14 bits per heavy atom. The molecule has 1 aliphatic rings. The highest BCUT2D eigenvalue weighted by atomic mass is 35.5. The summed E-state index contributed by atoms with van der Waals surface area (Å²) in [6.07, 6.45) is 2.08. The van der Waals surface area contributed by atoms with E-state index in [2.05, 4.69) is 10.0 Å². The topological polar surface area (TPSA) is 84.5 Å². The van der Waals surface area contributed by atoms with E-state index in [-0.39, 0.29) is 23.3 Å². The molecule has 8 heteroatoms. The number of nitrogens with one attached hydrogen (secondary N) is 2. The predicted octanol–water partition coefficient (Wildman–Crippen LogP) is 2.52. The van der Waals surface area contributed by atoms with Gasteiger partial charge < -0.3 is 10.1 Å². The van der Waals surface area contributed by atoms with Gasteiger partial charge in [-0.2, -0.15) is 4.72 Å². The average molecular weight is 423 g/mol. The molecule has 2 aromatic carbocycles. The van der Waals surface area contributed by atoms with Crippen LogP contribution in [0.1, 0.15) is 18.4 Å². The van der Waals surface area contributed by atoms with Crippen molar-refractivity contribution in [2.24, 2.45) is 0 Å². The fraction of sp³-hybridized carbons (Fsp3) is 0.350. The molecule has 1 aliphatic heterocycles. The molecule has 1 heterocycles. The van der Waals surface area contributed by atoms with Crippen LogP contribution in [0.5, 0.6) is 0 Å². The molecule has 0 saturated carbocycles. The molecule has 0 spiro atoms. The van der Waals surface area contributed by atoms with E-state index in [9.17, 15) is 13.2 Å². The van der Waals surface area contributed by atoms with Crippen LogP contribution in [0.3, 0.4) is 0 Å². The van der Waals surface area contributed by atoms with Crippen molar-refractivity contribution in [2.45, 2.75) is 36.3 Å². The third-order valence-corrected chi connectivity index (χ3v) is 6.29. The highest BCUT2D eigenvalue weighted by Crippen LogP contribution is 2.16. The van der Waals surface area contributed by atoms with Gasteiger partial charge in [-0.15, -0.1) is 0 Å². The van der Waals surface area contributed by atoms with E-state index in [1.165, 1.54) is 24.3 Å². The zero-order valence-electron chi connectivity index (χ0n) is 15.3. The van der Waals surface area contributed by atoms with E-state index in [1.807, 2.05) is 30.3 Å². The fourth-order valence-corrected chi connectivity index (χ4v) is 4.37. The number of hydrogen-bond donors (Lipinski definition) is 2. The lowest BCUT2D eigenvalue weighted by atomic mass is 10.1. The summed E-state index contributed by atoms with van der Waals surface area (Å²) < 4.78 is 33.5. The van der Waals surface area contributed by atoms with Crippen LogP contribution >= 0.6 is 11.6 Å². The van der Waals surface area contributed by atoms with Crippen molar-refractivity contribution in [1.82, 2.24) is 10.0 Å². The van der Waals surface area contributed by atoms with Crippen LogP contribution in [0, 0.1) is 0 Å². The first-order chi connectivity index (χ1) is 13.4. The van der Waals surface area contributed by atoms with Crippen LogP contribution in [0.2, 0.25) is 5.02 Å². The summed E-state index contributed by atoms with van der Waals surface area (Å²) in [5.41, 5.74) is 0.860. The van der Waals surface area contributed by atoms with Crippen molar-refractivity contribution in [1.29, 1.82) is 0 Å². The van der Waals surface area contributed by atoms with Crippen molar-refractivity contribution in [3.05, 3.63) is 65.2 Å². The zero-order chi connectivity index (χ0) is 20.0. The van der Waals surface area contributed by atoms with Crippen LogP contribution in [-0.4, -0.2) is 39.6 Å². The first kappa shape index (κ1) is 20.8. The van der Waals surface area contributed by atoms with Gasteiger partial charge in [0.05, 0.1) is 11.0 Å². The first-order valence-corrected chi connectivity index (χ1v) is 11.0. The molecule has 1 amide bonds. The number of amides is 1. The van der Waals surface area contributed by atoms with Gasteiger partial charge in [-0.05, 0) is 49.1 Å². The van der Waals surface area contributed by atoms with E-state index < -0.39 is 16.1 Å². The highest BCUT2D eigenvalue weighted by molar-refractivity contribution is 7.89. The van der Waals surface area contributed by atoms with Gasteiger partial charge in [-0.3, -0.25) is 4.79 Å². The Kier molecular flexibility index (Phi) is 7.07. The molecule has 150 valence electrons. The number of ether oxygens (including phenoxy) is 1. The molecule has 0 radical (unpaired) electrons. The third kappa shape index (κ3) is 5.78. The molecule has 1 saturated heterocycles. The molecule has 0 unspecified atom stereocenters. The fourth-order valence-electron chi connectivity index (χ4n) is 3.05. The molecule has 0 aromatic heterocycles. The minimum atomic E-state index is -3.88. The lowest BCUT2D eigenvalue weighted by molar-refractivity contribution is -0.123. The van der Waals surface area contributed by atoms with Gasteiger partial charge >= 0.3 is 0 Å². The number of benzene rings is 2. The maximum absolute atomic E-state index is 12.8. The molecular weight excluding hydrogens is 400 g/mol. The van der Waals surface area contributed by atoms with Gasteiger partial charge in [0.15, 0.2) is 0 Å². The molecule has 2 atom stereocenters. The number of halogens is 1. The number of sulfonamides is 1. The van der Waals surface area contributed by atoms with E-state index in [0.29, 0.717) is 18.2 Å². The second kappa shape index (κ2) is 9.52. The van der Waals surface area contributed by atoms with Gasteiger partial charge in [-0.1, -0.05) is 41.9 Å². The van der Waals surface area contributed by atoms with Crippen molar-refractivity contribution in [3.8, 4) is 0 Å². The Balaban J connectivity index is 1.74. The number of hydrogen-bond acceptors (Lipinski definition) is 4. The van der Waals surface area contributed by atoms with Crippen molar-refractivity contribution >= 4 is 27.5 Å². The summed E-state index contributed by atoms with van der Waals surface area (Å²) in [4.78, 5) is 12.8. The largest absolute Gasteiger partial charge is 0.376 e. The Morgan fingerprint density at radius 3 is 2.50 bits per heavy atom. The lowest BCUT2D eigenvalue weighted by Crippen LogP contribution is -2.49. The van der Waals surface area contributed by atoms with Crippen LogP contribution in [0.25, 0.3) is 0 Å². The van der Waals surface area contributed by atoms with Crippen molar-refractivity contribution < 1.29 is 17.9 Å². The van der Waals surface area contributed by atoms with E-state index in [1.54, 1.807) is 0 Å². The summed E-state index contributed by atoms with van der Waals surface area (Å²) in [5, 5.41) is 3.26. The monoisotopic (exact) mass is 422 g/mol. The first-order valence-electron chi connectivity index (χ1n) is 9.15. The molecule has 1 fully saturated rings. The van der Waals surface area contributed by atoms with Gasteiger partial charge in [0.2, 0.25) is 15.9 Å². The van der Waals surface area contributed by atoms with Gasteiger partial charge in [0.25, 0.3) is 0 Å². The third-order valence-electron chi connectivity index (χ3n) is 4.55. The number of carbonyl (C=O) groups is 1. The van der Waals surface area contributed by atoms with E-state index >= 15 is 0 Å². The molecule has 6 nitrogen and oxygen atoms in total. The van der Waals surface area contributed by atoms with E-state index in [0.717, 1.165) is 18.4 Å². The minimum absolute atomic E-state index is 0.0193. The molecule has 3 rings (SSSR count). The van der Waals surface area contributed by atoms with Crippen LogP contribution in [-0.2, 0) is 26.0 Å². The van der Waals surface area contributed by atoms with Gasteiger partial charge in [0, 0.05) is 18.2 Å². The van der Waals surface area contributed by atoms with Crippen LogP contribution in [0.15, 0.2) is 59.5 Å². The Labute approximate surface area is 170 Å². The summed E-state index contributed by atoms with van der Waals surface area (Å²) in [6.45, 7) is 1.06. The van der Waals surface area contributed by atoms with Crippen LogP contribution < -0.4 is 10.0 Å². The lowest BCUT2D eigenvalue weighted by Gasteiger charge is -2.20. The maximum atomic E-state index is 12.8. The zero-order valence-corrected chi connectivity index (χ0v) is 16.9. The smallest absolute Gasteiger partial charge is 0.241 e. The minimum Gasteiger partial charge on any atom is -0.376 e. The van der Waals surface area contributed by atoms with Gasteiger partial charge in [-0.25, -0.2) is 8.42 Å². The number of carbonyl (C=O) groups excluding carboxylic acids is 1. The molecule has 0 bridgehead atoms. The second-order valence-electron chi connectivity index (χ2n) is 6.70. The molecule has 28 heavy (non-hydrogen) atoms. The Bertz CT molecular complexity index is 882. The van der Waals surface area contributed by atoms with E-state index in [4.69, 9.17) is 16.3 Å². The summed E-state index contributed by atoms with van der Waals surface area (Å²) in [5.74, 6) is -0.378. The predicted molar refractivity (Wildman–Crippen MR) is 108 cm³/mol. The quantitative estimate of drug-likeness (QED) is 0.684. The van der Waals surface area contributed by atoms with Gasteiger partial charge in [0.1, 0.15) is 6.04 Å². The normalized spacial score (nSPS) is 18.0. The standard InChI is InChI=1S/C20H23ClN2O4S/c21-16-8-10-18(11-9-16)28(25,26)23-19(13-15-5-2-1-3-6-15)20(24)22-14-17-7-4-12-27-17/h1-3,5-6,8-11,17,19,23H,4,7,12-14H2,(H,22,24)/t17-,19+/m0/s1. The molecule has 2 N–H and O–H groups in total. The maximum Gasteiger partial charge on any atom is 0.241 e. The second-order valence-corrected chi connectivity index (χ2v) is 8.85. The SMILES string of the molecule is O=C(NC[C@@H]1CCCO1)[C@@H](Cc1ccccc1)NS(=O)(=O)c1ccc(Cl)cc1. The number of rotatable bonds is 8. The highest BCUT2D eigenvalue weighted by Gasteiger charge is 2.27. The molecule has 0 aliphatic carbocycles. The van der Waals surface area contributed by atoms with Crippen molar-refractivity contribution in [2.75, 3.05) is 13.2 Å². The van der Waals surface area contributed by atoms with Crippen LogP contribution in [0.4, 0.5) is 0 Å². The average Bonchev–Trinajstić information content (AvgIpc) is 3.20. The molecular formula is C20H23ClN2O4S. The van der Waals surface area contributed by atoms with Crippen molar-refractivity contribution in [3.63, 3.8) is 0 Å². The summed E-state index contributed by atoms with van der Waals surface area (Å²) in [6, 6.07) is 14.2. The Morgan fingerprint density at radius 2 is 1.86 bits per heavy atom. The summed E-state index contributed by atoms with van der Waals surface area (Å²) >= 11 is 5.84. The molecule has 2 aromatic rings.